The molecule has 0 nitrogen and oxygen atoms in total. The Hall–Kier alpha value is -2.18. The zero-order valence-electron chi connectivity index (χ0n) is 7.62. The van der Waals surface area contributed by atoms with Gasteiger partial charge >= 0.3 is 0 Å². The molecule has 0 atom stereocenters. The van der Waals surface area contributed by atoms with Crippen LogP contribution in [0.2, 0.25) is 0 Å². The summed E-state index contributed by atoms with van der Waals surface area (Å²) in [6, 6.07) is 11.8. The minimum atomic E-state index is 0.830. The fourth-order valence-corrected chi connectivity index (χ4v) is 1.51. The number of benzene rings is 2. The lowest BCUT2D eigenvalue weighted by Crippen LogP contribution is -1.82. The highest BCUT2D eigenvalue weighted by molar-refractivity contribution is 5.89. The summed E-state index contributed by atoms with van der Waals surface area (Å²) in [5, 5.41) is 2.17. The van der Waals surface area contributed by atoms with Crippen LogP contribution in [0.5, 0.6) is 0 Å². The zero-order valence-corrected chi connectivity index (χ0v) is 7.62. The van der Waals surface area contributed by atoms with Crippen LogP contribution in [0, 0.1) is 24.7 Å². The normalized spacial score (nSPS) is 9.29. The minimum Gasteiger partial charge on any atom is -0.115 e. The first-order valence-electron chi connectivity index (χ1n) is 4.31. The van der Waals surface area contributed by atoms with Gasteiger partial charge in [0.15, 0.2) is 0 Å². The summed E-state index contributed by atoms with van der Waals surface area (Å²) >= 11 is 0. The van der Waals surface area contributed by atoms with Gasteiger partial charge in [-0.2, -0.15) is 0 Å². The van der Waals surface area contributed by atoms with Crippen LogP contribution >= 0.6 is 0 Å². The molecule has 0 heteroatoms. The molecule has 0 aliphatic carbocycles. The van der Waals surface area contributed by atoms with E-state index in [4.69, 9.17) is 12.8 Å². The van der Waals surface area contributed by atoms with Crippen molar-refractivity contribution < 1.29 is 0 Å². The molecule has 0 saturated carbocycles. The van der Waals surface area contributed by atoms with Gasteiger partial charge in [-0.1, -0.05) is 36.1 Å². The molecule has 0 amide bonds. The van der Waals surface area contributed by atoms with Crippen LogP contribution in [0.1, 0.15) is 11.1 Å². The van der Waals surface area contributed by atoms with Crippen LogP contribution in [0.25, 0.3) is 10.8 Å². The maximum atomic E-state index is 5.42. The van der Waals surface area contributed by atoms with Crippen LogP contribution in [-0.4, -0.2) is 0 Å². The SMILES string of the molecule is C#Cc1cc(C#C)c2ccccc2c1. The van der Waals surface area contributed by atoms with Crippen molar-refractivity contribution in [1.29, 1.82) is 0 Å². The van der Waals surface area contributed by atoms with Crippen molar-refractivity contribution in [3.05, 3.63) is 47.5 Å². The summed E-state index contributed by atoms with van der Waals surface area (Å²) in [4.78, 5) is 0. The topological polar surface area (TPSA) is 0 Å². The Morgan fingerprint density at radius 1 is 0.929 bits per heavy atom. The molecular weight excluding hydrogens is 168 g/mol. The molecule has 0 aromatic heterocycles. The maximum Gasteiger partial charge on any atom is 0.0333 e. The molecule has 64 valence electrons. The van der Waals surface area contributed by atoms with E-state index in [0.717, 1.165) is 21.9 Å². The second-order valence-corrected chi connectivity index (χ2v) is 3.03. The van der Waals surface area contributed by atoms with E-state index in [9.17, 15) is 0 Å². The molecule has 2 aromatic rings. The number of hydrogen-bond donors (Lipinski definition) is 0. The van der Waals surface area contributed by atoms with E-state index in [-0.39, 0.29) is 0 Å². The Morgan fingerprint density at radius 3 is 2.43 bits per heavy atom. The third-order valence-electron chi connectivity index (χ3n) is 2.18. The number of hydrogen-bond acceptors (Lipinski definition) is 0. The minimum absolute atomic E-state index is 0.830. The Balaban J connectivity index is 2.90. The quantitative estimate of drug-likeness (QED) is 0.541. The molecule has 2 rings (SSSR count). The van der Waals surface area contributed by atoms with Crippen LogP contribution in [-0.2, 0) is 0 Å². The molecule has 14 heavy (non-hydrogen) atoms. The van der Waals surface area contributed by atoms with Crippen molar-refractivity contribution in [2.75, 3.05) is 0 Å². The summed E-state index contributed by atoms with van der Waals surface area (Å²) in [6.07, 6.45) is 10.8. The first-order valence-corrected chi connectivity index (χ1v) is 4.31. The number of terminal acetylenes is 2. The van der Waals surface area contributed by atoms with Crippen molar-refractivity contribution in [2.24, 2.45) is 0 Å². The third kappa shape index (κ3) is 1.24. The highest BCUT2D eigenvalue weighted by atomic mass is 14.0. The molecule has 0 heterocycles. The van der Waals surface area contributed by atoms with Crippen LogP contribution < -0.4 is 0 Å². The molecule has 0 N–H and O–H groups in total. The van der Waals surface area contributed by atoms with Gasteiger partial charge in [-0.3, -0.25) is 0 Å². The lowest BCUT2D eigenvalue weighted by atomic mass is 10.0. The standard InChI is InChI=1S/C14H8/c1-3-11-9-12(4-2)14-8-6-5-7-13(14)10-11/h1-2,5-10H. The van der Waals surface area contributed by atoms with Crippen LogP contribution in [0.3, 0.4) is 0 Å². The smallest absolute Gasteiger partial charge is 0.0333 e. The van der Waals surface area contributed by atoms with E-state index in [1.54, 1.807) is 0 Å². The van der Waals surface area contributed by atoms with Gasteiger partial charge in [-0.25, -0.2) is 0 Å². The molecule has 0 spiro atoms. The van der Waals surface area contributed by atoms with Crippen molar-refractivity contribution in [3.8, 4) is 24.7 Å². The van der Waals surface area contributed by atoms with Crippen LogP contribution in [0.4, 0.5) is 0 Å². The van der Waals surface area contributed by atoms with E-state index in [0.29, 0.717) is 0 Å². The van der Waals surface area contributed by atoms with E-state index in [1.807, 2.05) is 36.4 Å². The fourth-order valence-electron chi connectivity index (χ4n) is 1.51. The van der Waals surface area contributed by atoms with E-state index < -0.39 is 0 Å². The Morgan fingerprint density at radius 2 is 1.71 bits per heavy atom. The molecule has 0 fully saturated rings. The monoisotopic (exact) mass is 176 g/mol. The van der Waals surface area contributed by atoms with Crippen molar-refractivity contribution in [3.63, 3.8) is 0 Å². The Bertz CT molecular complexity index is 563. The van der Waals surface area contributed by atoms with Crippen molar-refractivity contribution in [2.45, 2.75) is 0 Å². The molecule has 2 aromatic carbocycles. The summed E-state index contributed by atoms with van der Waals surface area (Å²) in [6.45, 7) is 0. The third-order valence-corrected chi connectivity index (χ3v) is 2.18. The molecule has 0 saturated heterocycles. The summed E-state index contributed by atoms with van der Waals surface area (Å²) in [5.74, 6) is 5.25. The lowest BCUT2D eigenvalue weighted by Gasteiger charge is -2.01. The summed E-state index contributed by atoms with van der Waals surface area (Å²) in [5.41, 5.74) is 1.69. The second-order valence-electron chi connectivity index (χ2n) is 3.03. The molecule has 0 bridgehead atoms. The fraction of sp³-hybridized carbons (Fsp3) is 0. The van der Waals surface area contributed by atoms with Gasteiger partial charge in [0, 0.05) is 11.1 Å². The summed E-state index contributed by atoms with van der Waals surface area (Å²) in [7, 11) is 0. The highest BCUT2D eigenvalue weighted by Crippen LogP contribution is 2.19. The van der Waals surface area contributed by atoms with E-state index in [1.165, 1.54) is 0 Å². The van der Waals surface area contributed by atoms with Gasteiger partial charge in [0.25, 0.3) is 0 Å². The lowest BCUT2D eigenvalue weighted by molar-refractivity contribution is 1.66. The van der Waals surface area contributed by atoms with Gasteiger partial charge < -0.3 is 0 Å². The zero-order chi connectivity index (χ0) is 9.97. The predicted octanol–water partition coefficient (Wildman–Crippen LogP) is 2.80. The molecular formula is C14H8. The Labute approximate surface area is 83.6 Å². The average molecular weight is 176 g/mol. The van der Waals surface area contributed by atoms with Gasteiger partial charge in [0.1, 0.15) is 0 Å². The van der Waals surface area contributed by atoms with Crippen LogP contribution in [0.15, 0.2) is 36.4 Å². The van der Waals surface area contributed by atoms with Gasteiger partial charge in [-0.15, -0.1) is 12.8 Å². The second kappa shape index (κ2) is 3.29. The first kappa shape index (κ1) is 8.42. The highest BCUT2D eigenvalue weighted by Gasteiger charge is 1.99. The van der Waals surface area contributed by atoms with Gasteiger partial charge in [0.05, 0.1) is 0 Å². The number of rotatable bonds is 0. The Kier molecular flexibility index (Phi) is 1.98. The summed E-state index contributed by atoms with van der Waals surface area (Å²) < 4.78 is 0. The first-order chi connectivity index (χ1) is 6.85. The largest absolute Gasteiger partial charge is 0.115 e. The average Bonchev–Trinajstić information content (AvgIpc) is 2.27. The number of fused-ring (bicyclic) bond motifs is 1. The van der Waals surface area contributed by atoms with Crippen molar-refractivity contribution in [1.82, 2.24) is 0 Å². The van der Waals surface area contributed by atoms with E-state index >= 15 is 0 Å². The molecule has 0 radical (unpaired) electrons. The van der Waals surface area contributed by atoms with Gasteiger partial charge in [-0.05, 0) is 22.9 Å². The van der Waals surface area contributed by atoms with Crippen molar-refractivity contribution >= 4 is 10.8 Å². The molecule has 0 aliphatic rings. The molecule has 0 aliphatic heterocycles. The maximum absolute atomic E-state index is 5.42. The van der Waals surface area contributed by atoms with Gasteiger partial charge in [0.2, 0.25) is 0 Å². The molecule has 0 unspecified atom stereocenters. The van der Waals surface area contributed by atoms with E-state index in [2.05, 4.69) is 11.8 Å². The predicted molar refractivity (Wildman–Crippen MR) is 59.8 cm³/mol.